The summed E-state index contributed by atoms with van der Waals surface area (Å²) in [4.78, 5) is 14.5. The molecule has 3 nitrogen and oxygen atoms in total. The molecule has 140 valence electrons. The van der Waals surface area contributed by atoms with E-state index in [-0.39, 0.29) is 23.1 Å². The number of nitrogens with zero attached hydrogens (tertiary/aromatic N) is 1. The van der Waals surface area contributed by atoms with Crippen molar-refractivity contribution in [2.75, 3.05) is 13.1 Å². The molecule has 1 unspecified atom stereocenters. The average Bonchev–Trinajstić information content (AvgIpc) is 3.28. The smallest absolute Gasteiger partial charge is 0.225 e. The topological polar surface area (TPSA) is 40.5 Å². The summed E-state index contributed by atoms with van der Waals surface area (Å²) in [5.41, 5.74) is 1.86. The van der Waals surface area contributed by atoms with Gasteiger partial charge in [-0.3, -0.25) is 4.79 Å². The standard InChI is InChI=1S/C22H28FNO2/c1-21(26)9-17(10-21)20(25)24-12-22(13-24)7-6-16(11-22)15-4-5-19(23)18(8-15)14-2-3-14/h4-5,8,14,16-17,26H,2-3,6-7,9-13H2,1H3. The van der Waals surface area contributed by atoms with Crippen LogP contribution in [0.3, 0.4) is 0 Å². The Hall–Kier alpha value is -1.42. The van der Waals surface area contributed by atoms with Gasteiger partial charge in [0.1, 0.15) is 5.82 Å². The van der Waals surface area contributed by atoms with Gasteiger partial charge in [-0.1, -0.05) is 12.1 Å². The van der Waals surface area contributed by atoms with Crippen LogP contribution in [0.4, 0.5) is 4.39 Å². The van der Waals surface area contributed by atoms with Crippen LogP contribution in [0.1, 0.15) is 74.8 Å². The zero-order valence-corrected chi connectivity index (χ0v) is 15.5. The highest BCUT2D eigenvalue weighted by molar-refractivity contribution is 5.81. The third-order valence-electron chi connectivity index (χ3n) is 7.30. The number of likely N-dealkylation sites (tertiary alicyclic amines) is 1. The normalized spacial score (nSPS) is 35.3. The van der Waals surface area contributed by atoms with E-state index in [0.29, 0.717) is 24.7 Å². The Morgan fingerprint density at radius 1 is 1.15 bits per heavy atom. The maximum Gasteiger partial charge on any atom is 0.225 e. The molecular weight excluding hydrogens is 329 g/mol. The summed E-state index contributed by atoms with van der Waals surface area (Å²) in [6.07, 6.45) is 6.90. The van der Waals surface area contributed by atoms with Crippen molar-refractivity contribution in [3.05, 3.63) is 35.1 Å². The second-order valence-electron chi connectivity index (χ2n) is 9.79. The zero-order valence-electron chi connectivity index (χ0n) is 15.5. The van der Waals surface area contributed by atoms with Gasteiger partial charge in [-0.2, -0.15) is 0 Å². The van der Waals surface area contributed by atoms with E-state index in [1.54, 1.807) is 6.07 Å². The fourth-order valence-corrected chi connectivity index (χ4v) is 5.66. The molecule has 1 aliphatic heterocycles. The van der Waals surface area contributed by atoms with Gasteiger partial charge in [0.2, 0.25) is 5.91 Å². The highest BCUT2D eigenvalue weighted by Crippen LogP contribution is 2.53. The van der Waals surface area contributed by atoms with Crippen molar-refractivity contribution in [2.45, 2.75) is 69.3 Å². The molecule has 0 aromatic heterocycles. The molecule has 5 rings (SSSR count). The van der Waals surface area contributed by atoms with Crippen LogP contribution in [0, 0.1) is 17.2 Å². The summed E-state index contributed by atoms with van der Waals surface area (Å²) >= 11 is 0. The van der Waals surface area contributed by atoms with E-state index in [0.717, 1.165) is 44.3 Å². The van der Waals surface area contributed by atoms with Gasteiger partial charge in [-0.25, -0.2) is 4.39 Å². The summed E-state index contributed by atoms with van der Waals surface area (Å²) in [7, 11) is 0. The van der Waals surface area contributed by atoms with Crippen molar-refractivity contribution in [1.82, 2.24) is 4.90 Å². The molecule has 4 heteroatoms. The predicted molar refractivity (Wildman–Crippen MR) is 97.3 cm³/mol. The Labute approximate surface area is 154 Å². The molecule has 1 spiro atoms. The van der Waals surface area contributed by atoms with Gasteiger partial charge in [0.05, 0.1) is 5.60 Å². The molecule has 1 saturated heterocycles. The summed E-state index contributed by atoms with van der Waals surface area (Å²) in [5, 5.41) is 9.86. The average molecular weight is 357 g/mol. The Kier molecular flexibility index (Phi) is 3.57. The lowest BCUT2D eigenvalue weighted by molar-refractivity contribution is -0.161. The molecule has 1 aromatic rings. The number of aliphatic hydroxyl groups is 1. The molecular formula is C22H28FNO2. The first-order valence-corrected chi connectivity index (χ1v) is 10.1. The summed E-state index contributed by atoms with van der Waals surface area (Å²) in [5.74, 6) is 1.18. The minimum atomic E-state index is -0.636. The summed E-state index contributed by atoms with van der Waals surface area (Å²) in [6.45, 7) is 3.56. The summed E-state index contributed by atoms with van der Waals surface area (Å²) in [6, 6.07) is 5.75. The van der Waals surface area contributed by atoms with Crippen LogP contribution in [0.2, 0.25) is 0 Å². The Morgan fingerprint density at radius 2 is 1.88 bits per heavy atom. The molecule has 0 radical (unpaired) electrons. The van der Waals surface area contributed by atoms with E-state index in [2.05, 4.69) is 6.07 Å². The lowest BCUT2D eigenvalue weighted by atomic mass is 9.69. The number of carbonyl (C=O) groups excluding carboxylic acids is 1. The fourth-order valence-electron chi connectivity index (χ4n) is 5.66. The van der Waals surface area contributed by atoms with Gasteiger partial charge in [0, 0.05) is 24.4 Å². The van der Waals surface area contributed by atoms with Gasteiger partial charge in [-0.05, 0) is 80.9 Å². The first kappa shape index (κ1) is 16.7. The van der Waals surface area contributed by atoms with Crippen LogP contribution < -0.4 is 0 Å². The highest BCUT2D eigenvalue weighted by atomic mass is 19.1. The van der Waals surface area contributed by atoms with E-state index in [1.165, 1.54) is 12.0 Å². The minimum absolute atomic E-state index is 0.0257. The fraction of sp³-hybridized carbons (Fsp3) is 0.682. The quantitative estimate of drug-likeness (QED) is 0.889. The molecule has 1 amide bonds. The zero-order chi connectivity index (χ0) is 18.1. The van der Waals surface area contributed by atoms with Crippen molar-refractivity contribution in [3.63, 3.8) is 0 Å². The lowest BCUT2D eigenvalue weighted by Crippen LogP contribution is -2.61. The second kappa shape index (κ2) is 5.54. The van der Waals surface area contributed by atoms with Gasteiger partial charge in [-0.15, -0.1) is 0 Å². The van der Waals surface area contributed by atoms with Gasteiger partial charge >= 0.3 is 0 Å². The van der Waals surface area contributed by atoms with E-state index in [4.69, 9.17) is 0 Å². The van der Waals surface area contributed by atoms with E-state index in [1.807, 2.05) is 17.9 Å². The first-order chi connectivity index (χ1) is 12.3. The number of hydrogen-bond donors (Lipinski definition) is 1. The van der Waals surface area contributed by atoms with Gasteiger partial charge in [0.15, 0.2) is 0 Å². The Balaban J connectivity index is 1.21. The SMILES string of the molecule is CC1(O)CC(C(=O)N2CC3(CCC(c4ccc(F)c(C5CC5)c4)C3)C2)C1. The number of halogens is 1. The van der Waals surface area contributed by atoms with Crippen LogP contribution in [0.25, 0.3) is 0 Å². The number of carbonyl (C=O) groups is 1. The maximum atomic E-state index is 14.0. The molecule has 1 atom stereocenters. The molecule has 3 aliphatic carbocycles. The molecule has 4 aliphatic rings. The van der Waals surface area contributed by atoms with Crippen LogP contribution in [0.5, 0.6) is 0 Å². The van der Waals surface area contributed by atoms with E-state index in [9.17, 15) is 14.3 Å². The molecule has 0 bridgehead atoms. The molecule has 1 heterocycles. The van der Waals surface area contributed by atoms with Crippen LogP contribution >= 0.6 is 0 Å². The van der Waals surface area contributed by atoms with Gasteiger partial charge in [0.25, 0.3) is 0 Å². The van der Waals surface area contributed by atoms with Crippen molar-refractivity contribution < 1.29 is 14.3 Å². The minimum Gasteiger partial charge on any atom is -0.390 e. The van der Waals surface area contributed by atoms with E-state index >= 15 is 0 Å². The molecule has 1 N–H and O–H groups in total. The van der Waals surface area contributed by atoms with Crippen molar-refractivity contribution >= 4 is 5.91 Å². The maximum absolute atomic E-state index is 14.0. The number of amides is 1. The number of hydrogen-bond acceptors (Lipinski definition) is 2. The molecule has 3 saturated carbocycles. The third-order valence-corrected chi connectivity index (χ3v) is 7.30. The second-order valence-corrected chi connectivity index (χ2v) is 9.79. The molecule has 4 fully saturated rings. The van der Waals surface area contributed by atoms with Crippen molar-refractivity contribution in [2.24, 2.45) is 11.3 Å². The Bertz CT molecular complexity index is 741. The van der Waals surface area contributed by atoms with Gasteiger partial charge < -0.3 is 10.0 Å². The lowest BCUT2D eigenvalue weighted by Gasteiger charge is -2.52. The highest BCUT2D eigenvalue weighted by Gasteiger charge is 2.53. The van der Waals surface area contributed by atoms with Crippen molar-refractivity contribution in [1.29, 1.82) is 0 Å². The van der Waals surface area contributed by atoms with Crippen molar-refractivity contribution in [3.8, 4) is 0 Å². The third kappa shape index (κ3) is 2.77. The van der Waals surface area contributed by atoms with E-state index < -0.39 is 5.60 Å². The molecule has 1 aromatic carbocycles. The molecule has 26 heavy (non-hydrogen) atoms. The van der Waals surface area contributed by atoms with Crippen LogP contribution in [0.15, 0.2) is 18.2 Å². The largest absolute Gasteiger partial charge is 0.390 e. The number of rotatable bonds is 3. The number of benzene rings is 1. The summed E-state index contributed by atoms with van der Waals surface area (Å²) < 4.78 is 14.0. The Morgan fingerprint density at radius 3 is 2.54 bits per heavy atom. The monoisotopic (exact) mass is 357 g/mol. The van der Waals surface area contributed by atoms with Crippen LogP contribution in [-0.4, -0.2) is 34.6 Å². The predicted octanol–water partition coefficient (Wildman–Crippen LogP) is 3.96. The first-order valence-electron chi connectivity index (χ1n) is 10.1. The van der Waals surface area contributed by atoms with Crippen LogP contribution in [-0.2, 0) is 4.79 Å².